The molecule has 0 atom stereocenters. The first-order valence-corrected chi connectivity index (χ1v) is 8.50. The first kappa shape index (κ1) is 16.7. The van der Waals surface area contributed by atoms with Gasteiger partial charge in [-0.1, -0.05) is 43.0 Å². The maximum atomic E-state index is 12.9. The van der Waals surface area contributed by atoms with Gasteiger partial charge in [0.05, 0.1) is 27.5 Å². The Balaban J connectivity index is 1.91. The Bertz CT molecular complexity index is 1320. The highest BCUT2D eigenvalue weighted by molar-refractivity contribution is 5.52. The van der Waals surface area contributed by atoms with Crippen LogP contribution < -0.4 is 21.7 Å². The fraction of sp³-hybridized carbons (Fsp3) is 0.0476. The standard InChI is InChI=1S/C21H18N4O2/c1-14-18(20(26)24(22-14)16-9-5-3-6-10-16)13-19-15(2)23-25(21(19)27)17-11-7-4-8-12-17/h3-13,22-23H,1H2,2H3. The lowest BCUT2D eigenvalue weighted by Gasteiger charge is -1.99. The fourth-order valence-corrected chi connectivity index (χ4v) is 3.04. The lowest BCUT2D eigenvalue weighted by molar-refractivity contribution is 0.835. The second-order valence-corrected chi connectivity index (χ2v) is 6.25. The van der Waals surface area contributed by atoms with Gasteiger partial charge in [-0.3, -0.25) is 19.8 Å². The fourth-order valence-electron chi connectivity index (χ4n) is 3.04. The molecule has 0 saturated heterocycles. The first-order chi connectivity index (χ1) is 13.1. The molecular formula is C21H18N4O2. The molecule has 0 unspecified atom stereocenters. The minimum Gasteiger partial charge on any atom is -0.295 e. The minimum absolute atomic E-state index is 0.218. The molecule has 4 rings (SSSR count). The molecule has 4 aromatic rings. The first-order valence-electron chi connectivity index (χ1n) is 8.50. The number of benzene rings is 2. The molecule has 0 amide bonds. The van der Waals surface area contributed by atoms with E-state index in [4.69, 9.17) is 0 Å². The van der Waals surface area contributed by atoms with E-state index >= 15 is 0 Å². The Morgan fingerprint density at radius 1 is 0.815 bits per heavy atom. The zero-order valence-electron chi connectivity index (χ0n) is 14.8. The molecule has 0 fully saturated rings. The SMILES string of the molecule is C=c1[nH]n(-c2ccccc2)c(=O)c1=Cc1c(C)[nH]n(-c2ccccc2)c1=O. The second kappa shape index (κ2) is 6.49. The molecule has 2 N–H and O–H groups in total. The maximum Gasteiger partial charge on any atom is 0.279 e. The highest BCUT2D eigenvalue weighted by Gasteiger charge is 2.12. The molecule has 6 nitrogen and oxygen atoms in total. The largest absolute Gasteiger partial charge is 0.295 e. The second-order valence-electron chi connectivity index (χ2n) is 6.25. The predicted octanol–water partition coefficient (Wildman–Crippen LogP) is 1.19. The van der Waals surface area contributed by atoms with Crippen LogP contribution in [-0.2, 0) is 0 Å². The van der Waals surface area contributed by atoms with E-state index < -0.39 is 0 Å². The van der Waals surface area contributed by atoms with Gasteiger partial charge in [-0.25, -0.2) is 9.36 Å². The summed E-state index contributed by atoms with van der Waals surface area (Å²) in [4.78, 5) is 25.7. The number of aromatic amines is 2. The zero-order valence-corrected chi connectivity index (χ0v) is 14.8. The van der Waals surface area contributed by atoms with Crippen LogP contribution in [0.15, 0.2) is 70.3 Å². The van der Waals surface area contributed by atoms with Gasteiger partial charge in [0.15, 0.2) is 0 Å². The van der Waals surface area contributed by atoms with Crippen molar-refractivity contribution in [3.8, 4) is 11.4 Å². The van der Waals surface area contributed by atoms with Gasteiger partial charge in [-0.15, -0.1) is 0 Å². The summed E-state index contributed by atoms with van der Waals surface area (Å²) in [6.45, 7) is 5.72. The van der Waals surface area contributed by atoms with Crippen LogP contribution in [-0.4, -0.2) is 19.6 Å². The van der Waals surface area contributed by atoms with Gasteiger partial charge in [-0.05, 0) is 37.3 Å². The zero-order chi connectivity index (χ0) is 19.0. The average molecular weight is 358 g/mol. The van der Waals surface area contributed by atoms with Crippen LogP contribution in [0.25, 0.3) is 24.0 Å². The molecule has 6 heteroatoms. The molecule has 0 aliphatic carbocycles. The van der Waals surface area contributed by atoms with Gasteiger partial charge in [0.1, 0.15) is 0 Å². The molecule has 0 bridgehead atoms. The van der Waals surface area contributed by atoms with Crippen molar-refractivity contribution in [2.75, 3.05) is 0 Å². The van der Waals surface area contributed by atoms with Crippen LogP contribution in [0, 0.1) is 6.92 Å². The number of rotatable bonds is 3. The summed E-state index contributed by atoms with van der Waals surface area (Å²) in [5, 5.41) is 6.84. The van der Waals surface area contributed by atoms with E-state index in [0.717, 1.165) is 5.69 Å². The number of nitrogens with zero attached hydrogens (tertiary/aromatic N) is 2. The summed E-state index contributed by atoms with van der Waals surface area (Å²) in [6, 6.07) is 18.5. The number of aromatic nitrogens is 4. The van der Waals surface area contributed by atoms with E-state index in [-0.39, 0.29) is 11.1 Å². The quantitative estimate of drug-likeness (QED) is 0.577. The summed E-state index contributed by atoms with van der Waals surface area (Å²) >= 11 is 0. The summed E-state index contributed by atoms with van der Waals surface area (Å²) in [6.07, 6.45) is 1.59. The molecule has 134 valence electrons. The van der Waals surface area contributed by atoms with Crippen LogP contribution >= 0.6 is 0 Å². The number of aryl methyl sites for hydroxylation is 1. The van der Waals surface area contributed by atoms with Crippen molar-refractivity contribution in [1.82, 2.24) is 19.6 Å². The van der Waals surface area contributed by atoms with E-state index in [2.05, 4.69) is 16.8 Å². The van der Waals surface area contributed by atoms with Crippen LogP contribution in [0.4, 0.5) is 0 Å². The van der Waals surface area contributed by atoms with E-state index in [9.17, 15) is 9.59 Å². The normalized spacial score (nSPS) is 11.8. The summed E-state index contributed by atoms with van der Waals surface area (Å²) in [5.41, 5.74) is 2.08. The van der Waals surface area contributed by atoms with Gasteiger partial charge < -0.3 is 0 Å². The summed E-state index contributed by atoms with van der Waals surface area (Å²) in [7, 11) is 0. The van der Waals surface area contributed by atoms with E-state index in [1.54, 1.807) is 13.0 Å². The van der Waals surface area contributed by atoms with Gasteiger partial charge in [-0.2, -0.15) is 0 Å². The highest BCUT2D eigenvalue weighted by Crippen LogP contribution is 2.07. The number of hydrogen-bond donors (Lipinski definition) is 2. The molecule has 2 aromatic carbocycles. The number of H-pyrrole nitrogens is 2. The number of nitrogens with one attached hydrogen (secondary N) is 2. The van der Waals surface area contributed by atoms with Crippen molar-refractivity contribution in [3.63, 3.8) is 0 Å². The smallest absolute Gasteiger partial charge is 0.279 e. The molecule has 0 aliphatic heterocycles. The number of hydrogen-bond acceptors (Lipinski definition) is 2. The van der Waals surface area contributed by atoms with Crippen LogP contribution in [0.2, 0.25) is 0 Å². The van der Waals surface area contributed by atoms with Crippen molar-refractivity contribution < 1.29 is 0 Å². The Morgan fingerprint density at radius 3 is 1.89 bits per heavy atom. The minimum atomic E-state index is -0.252. The monoisotopic (exact) mass is 358 g/mol. The van der Waals surface area contributed by atoms with Crippen molar-refractivity contribution >= 4 is 12.7 Å². The topological polar surface area (TPSA) is 75.6 Å². The molecule has 0 aliphatic rings. The van der Waals surface area contributed by atoms with Gasteiger partial charge in [0, 0.05) is 5.69 Å². The Hall–Kier alpha value is -3.80. The van der Waals surface area contributed by atoms with Crippen molar-refractivity contribution in [2.24, 2.45) is 0 Å². The highest BCUT2D eigenvalue weighted by atomic mass is 16.1. The van der Waals surface area contributed by atoms with Gasteiger partial charge in [0.25, 0.3) is 11.1 Å². The maximum absolute atomic E-state index is 12.9. The van der Waals surface area contributed by atoms with E-state index in [1.807, 2.05) is 60.7 Å². The lowest BCUT2D eigenvalue weighted by Crippen LogP contribution is -2.34. The molecule has 0 spiro atoms. The Morgan fingerprint density at radius 2 is 1.33 bits per heavy atom. The molecule has 2 heterocycles. The van der Waals surface area contributed by atoms with Crippen molar-refractivity contribution in [1.29, 1.82) is 0 Å². The van der Waals surface area contributed by atoms with Gasteiger partial charge in [0.2, 0.25) is 0 Å². The summed E-state index contributed by atoms with van der Waals surface area (Å²) < 4.78 is 2.89. The van der Waals surface area contributed by atoms with E-state index in [0.29, 0.717) is 27.5 Å². The molecular weight excluding hydrogens is 340 g/mol. The van der Waals surface area contributed by atoms with Crippen LogP contribution in [0.3, 0.4) is 0 Å². The van der Waals surface area contributed by atoms with Crippen LogP contribution in [0.5, 0.6) is 0 Å². The van der Waals surface area contributed by atoms with Crippen molar-refractivity contribution in [3.05, 3.63) is 103 Å². The summed E-state index contributed by atoms with van der Waals surface area (Å²) in [5.74, 6) is 0. The Kier molecular flexibility index (Phi) is 4.01. The number of para-hydroxylation sites is 2. The van der Waals surface area contributed by atoms with Crippen LogP contribution in [0.1, 0.15) is 11.3 Å². The third-order valence-corrected chi connectivity index (χ3v) is 4.44. The van der Waals surface area contributed by atoms with Crippen molar-refractivity contribution in [2.45, 2.75) is 6.92 Å². The predicted molar refractivity (Wildman–Crippen MR) is 106 cm³/mol. The molecule has 0 saturated carbocycles. The van der Waals surface area contributed by atoms with Gasteiger partial charge >= 0.3 is 0 Å². The molecule has 27 heavy (non-hydrogen) atoms. The molecule has 2 aromatic heterocycles. The lowest BCUT2D eigenvalue weighted by atomic mass is 10.2. The molecule has 0 radical (unpaired) electrons. The van der Waals surface area contributed by atoms with E-state index in [1.165, 1.54) is 9.36 Å². The Labute approximate surface area is 154 Å². The third kappa shape index (κ3) is 2.87. The third-order valence-electron chi connectivity index (χ3n) is 4.44. The average Bonchev–Trinajstić information content (AvgIpc) is 3.14.